The molecule has 0 aromatic heterocycles. The molecular formula is C15H15BrN2O4. The van der Waals surface area contributed by atoms with Gasteiger partial charge in [-0.25, -0.2) is 0 Å². The third-order valence-corrected chi connectivity index (χ3v) is 3.35. The van der Waals surface area contributed by atoms with Crippen LogP contribution in [0, 0.1) is 10.1 Å². The van der Waals surface area contributed by atoms with Gasteiger partial charge in [0.05, 0.1) is 17.2 Å². The maximum Gasteiger partial charge on any atom is 0.292 e. The van der Waals surface area contributed by atoms with E-state index in [0.29, 0.717) is 30.3 Å². The fraction of sp³-hybridized carbons (Fsp3) is 0.200. The Morgan fingerprint density at radius 2 is 1.95 bits per heavy atom. The van der Waals surface area contributed by atoms with Crippen LogP contribution in [0.1, 0.15) is 0 Å². The van der Waals surface area contributed by atoms with Gasteiger partial charge in [-0.15, -0.1) is 0 Å². The third-order valence-electron chi connectivity index (χ3n) is 2.86. The lowest BCUT2D eigenvalue weighted by molar-refractivity contribution is -0.383. The molecule has 0 aliphatic carbocycles. The van der Waals surface area contributed by atoms with E-state index < -0.39 is 4.92 Å². The second kappa shape index (κ2) is 7.77. The van der Waals surface area contributed by atoms with Crippen molar-refractivity contribution in [3.05, 3.63) is 57.1 Å². The Labute approximate surface area is 136 Å². The summed E-state index contributed by atoms with van der Waals surface area (Å²) < 4.78 is 11.3. The molecule has 0 radical (unpaired) electrons. The van der Waals surface area contributed by atoms with Crippen LogP contribution in [-0.2, 0) is 4.74 Å². The second-order valence-corrected chi connectivity index (χ2v) is 5.30. The molecule has 0 atom stereocenters. The highest BCUT2D eigenvalue weighted by atomic mass is 79.9. The maximum absolute atomic E-state index is 11.1. The number of ether oxygens (including phenoxy) is 2. The summed E-state index contributed by atoms with van der Waals surface area (Å²) in [7, 11) is 1.60. The lowest BCUT2D eigenvalue weighted by Crippen LogP contribution is -2.06. The van der Waals surface area contributed by atoms with E-state index in [1.807, 2.05) is 12.1 Å². The first-order chi connectivity index (χ1) is 10.6. The number of nitrogens with zero attached hydrogens (tertiary/aromatic N) is 1. The summed E-state index contributed by atoms with van der Waals surface area (Å²) in [5.41, 5.74) is 1.04. The molecule has 0 heterocycles. The first kappa shape index (κ1) is 16.3. The molecule has 116 valence electrons. The van der Waals surface area contributed by atoms with Gasteiger partial charge in [0.15, 0.2) is 0 Å². The number of hydrogen-bond donors (Lipinski definition) is 1. The molecule has 0 bridgehead atoms. The van der Waals surface area contributed by atoms with Crippen molar-refractivity contribution in [2.45, 2.75) is 0 Å². The number of nitrogens with one attached hydrogen (secondary N) is 1. The standard InChI is InChI=1S/C15H15BrN2O4/c1-21-8-9-22-15-5-3-2-4-12(15)17-13-10-11(16)6-7-14(13)18(19)20/h2-7,10,17H,8-9H2,1H3. The number of benzene rings is 2. The summed E-state index contributed by atoms with van der Waals surface area (Å²) >= 11 is 3.32. The Balaban J connectivity index is 2.27. The first-order valence-corrected chi connectivity index (χ1v) is 7.33. The fourth-order valence-electron chi connectivity index (χ4n) is 1.84. The van der Waals surface area contributed by atoms with E-state index in [1.165, 1.54) is 6.07 Å². The van der Waals surface area contributed by atoms with Gasteiger partial charge >= 0.3 is 0 Å². The van der Waals surface area contributed by atoms with Crippen molar-refractivity contribution < 1.29 is 14.4 Å². The van der Waals surface area contributed by atoms with Crippen molar-refractivity contribution in [1.82, 2.24) is 0 Å². The van der Waals surface area contributed by atoms with E-state index in [1.54, 1.807) is 31.4 Å². The normalized spacial score (nSPS) is 10.3. The van der Waals surface area contributed by atoms with Gasteiger partial charge in [-0.2, -0.15) is 0 Å². The third kappa shape index (κ3) is 4.19. The van der Waals surface area contributed by atoms with Crippen LogP contribution < -0.4 is 10.1 Å². The van der Waals surface area contributed by atoms with E-state index >= 15 is 0 Å². The minimum Gasteiger partial charge on any atom is -0.489 e. The number of methoxy groups -OCH3 is 1. The lowest BCUT2D eigenvalue weighted by atomic mass is 10.2. The van der Waals surface area contributed by atoms with E-state index in [9.17, 15) is 10.1 Å². The number of rotatable bonds is 7. The zero-order chi connectivity index (χ0) is 15.9. The average molecular weight is 367 g/mol. The van der Waals surface area contributed by atoms with Gasteiger partial charge < -0.3 is 14.8 Å². The Bertz CT molecular complexity index is 664. The predicted octanol–water partition coefficient (Wildman–Crippen LogP) is 4.13. The summed E-state index contributed by atoms with van der Waals surface area (Å²) in [5, 5.41) is 14.2. The van der Waals surface area contributed by atoms with Gasteiger partial charge in [0.2, 0.25) is 0 Å². The molecule has 0 saturated heterocycles. The molecule has 7 heteroatoms. The number of halogens is 1. The van der Waals surface area contributed by atoms with Gasteiger partial charge in [0.1, 0.15) is 18.0 Å². The van der Waals surface area contributed by atoms with Crippen molar-refractivity contribution in [1.29, 1.82) is 0 Å². The molecule has 22 heavy (non-hydrogen) atoms. The summed E-state index contributed by atoms with van der Waals surface area (Å²) in [4.78, 5) is 10.7. The Morgan fingerprint density at radius 3 is 2.68 bits per heavy atom. The molecule has 0 unspecified atom stereocenters. The molecule has 0 amide bonds. The SMILES string of the molecule is COCCOc1ccccc1Nc1cc(Br)ccc1[N+](=O)[O-]. The molecule has 2 aromatic carbocycles. The first-order valence-electron chi connectivity index (χ1n) is 6.53. The van der Waals surface area contributed by atoms with Crippen molar-refractivity contribution >= 4 is 33.0 Å². The van der Waals surface area contributed by atoms with Crippen LogP contribution in [0.2, 0.25) is 0 Å². The van der Waals surface area contributed by atoms with Gasteiger partial charge in [-0.1, -0.05) is 28.1 Å². The van der Waals surface area contributed by atoms with Crippen LogP contribution in [0.5, 0.6) is 5.75 Å². The molecule has 1 N–H and O–H groups in total. The zero-order valence-electron chi connectivity index (χ0n) is 11.9. The van der Waals surface area contributed by atoms with Crippen LogP contribution in [-0.4, -0.2) is 25.2 Å². The maximum atomic E-state index is 11.1. The molecule has 2 aromatic rings. The smallest absolute Gasteiger partial charge is 0.292 e. The van der Waals surface area contributed by atoms with Crippen molar-refractivity contribution in [2.24, 2.45) is 0 Å². The van der Waals surface area contributed by atoms with Crippen LogP contribution in [0.15, 0.2) is 46.9 Å². The molecule has 0 aliphatic heterocycles. The van der Waals surface area contributed by atoms with Crippen LogP contribution in [0.25, 0.3) is 0 Å². The molecule has 0 fully saturated rings. The van der Waals surface area contributed by atoms with Gasteiger partial charge in [0.25, 0.3) is 5.69 Å². The monoisotopic (exact) mass is 366 g/mol. The van der Waals surface area contributed by atoms with Crippen molar-refractivity contribution in [2.75, 3.05) is 25.6 Å². The molecule has 0 spiro atoms. The highest BCUT2D eigenvalue weighted by Crippen LogP contribution is 2.34. The average Bonchev–Trinajstić information content (AvgIpc) is 2.49. The Hall–Kier alpha value is -2.12. The number of nitro groups is 1. The van der Waals surface area contributed by atoms with E-state index in [-0.39, 0.29) is 5.69 Å². The van der Waals surface area contributed by atoms with E-state index in [0.717, 1.165) is 4.47 Å². The van der Waals surface area contributed by atoms with Gasteiger partial charge in [-0.3, -0.25) is 10.1 Å². The number of nitro benzene ring substituents is 1. The predicted molar refractivity (Wildman–Crippen MR) is 87.9 cm³/mol. The second-order valence-electron chi connectivity index (χ2n) is 4.38. The number of anilines is 2. The lowest BCUT2D eigenvalue weighted by Gasteiger charge is -2.13. The summed E-state index contributed by atoms with van der Waals surface area (Å²) in [5.74, 6) is 0.605. The number of hydrogen-bond acceptors (Lipinski definition) is 5. The summed E-state index contributed by atoms with van der Waals surface area (Å²) in [6.07, 6.45) is 0. The minimum atomic E-state index is -0.427. The van der Waals surface area contributed by atoms with Crippen LogP contribution in [0.3, 0.4) is 0 Å². The fourth-order valence-corrected chi connectivity index (χ4v) is 2.20. The Morgan fingerprint density at radius 1 is 1.18 bits per heavy atom. The van der Waals surface area contributed by atoms with E-state index in [2.05, 4.69) is 21.2 Å². The quantitative estimate of drug-likeness (QED) is 0.453. The summed E-state index contributed by atoms with van der Waals surface area (Å²) in [6, 6.07) is 12.0. The largest absolute Gasteiger partial charge is 0.489 e. The number of para-hydroxylation sites is 2. The van der Waals surface area contributed by atoms with Crippen molar-refractivity contribution in [3.63, 3.8) is 0 Å². The Kier molecular flexibility index (Phi) is 5.74. The molecule has 0 saturated carbocycles. The minimum absolute atomic E-state index is 0.00473. The van der Waals surface area contributed by atoms with Crippen LogP contribution >= 0.6 is 15.9 Å². The molecular weight excluding hydrogens is 352 g/mol. The van der Waals surface area contributed by atoms with Crippen molar-refractivity contribution in [3.8, 4) is 5.75 Å². The van der Waals surface area contributed by atoms with Gasteiger partial charge in [0, 0.05) is 17.6 Å². The molecule has 6 nitrogen and oxygen atoms in total. The van der Waals surface area contributed by atoms with Gasteiger partial charge in [-0.05, 0) is 24.3 Å². The highest BCUT2D eigenvalue weighted by Gasteiger charge is 2.15. The van der Waals surface area contributed by atoms with E-state index in [4.69, 9.17) is 9.47 Å². The highest BCUT2D eigenvalue weighted by molar-refractivity contribution is 9.10. The molecule has 2 rings (SSSR count). The summed E-state index contributed by atoms with van der Waals surface area (Å²) in [6.45, 7) is 0.862. The topological polar surface area (TPSA) is 73.6 Å². The van der Waals surface area contributed by atoms with Crippen LogP contribution in [0.4, 0.5) is 17.1 Å². The molecule has 0 aliphatic rings. The zero-order valence-corrected chi connectivity index (χ0v) is 13.5.